The van der Waals surface area contributed by atoms with E-state index in [1.54, 1.807) is 0 Å². The van der Waals surface area contributed by atoms with E-state index >= 15 is 0 Å². The first-order chi connectivity index (χ1) is 6.26. The van der Waals surface area contributed by atoms with Crippen LogP contribution in [-0.2, 0) is 9.53 Å². The number of carbonyl (C=O) groups is 1. The van der Waals surface area contributed by atoms with Gasteiger partial charge in [0.25, 0.3) is 0 Å². The summed E-state index contributed by atoms with van der Waals surface area (Å²) in [5.74, 6) is 0.0121. The van der Waals surface area contributed by atoms with Crippen LogP contribution >= 0.6 is 0 Å². The first kappa shape index (κ1) is 12.4. The molecular weight excluding hydrogens is 166 g/mol. The summed E-state index contributed by atoms with van der Waals surface area (Å²) in [6.45, 7) is 2.76. The van der Waals surface area contributed by atoms with Crippen molar-refractivity contribution in [3.8, 4) is 0 Å². The lowest BCUT2D eigenvalue weighted by Crippen LogP contribution is -2.15. The SMILES string of the molecule is CCC(CCCCCN)C(=O)OC. The minimum atomic E-state index is -0.0738. The van der Waals surface area contributed by atoms with Crippen LogP contribution in [0.3, 0.4) is 0 Å². The topological polar surface area (TPSA) is 52.3 Å². The van der Waals surface area contributed by atoms with Gasteiger partial charge >= 0.3 is 5.97 Å². The van der Waals surface area contributed by atoms with Crippen molar-refractivity contribution >= 4 is 5.97 Å². The zero-order valence-corrected chi connectivity index (χ0v) is 8.71. The Hall–Kier alpha value is -0.570. The number of methoxy groups -OCH3 is 1. The maximum absolute atomic E-state index is 11.2. The first-order valence-corrected chi connectivity index (χ1v) is 5.04. The van der Waals surface area contributed by atoms with Crippen LogP contribution < -0.4 is 5.73 Å². The Labute approximate surface area is 80.6 Å². The van der Waals surface area contributed by atoms with Gasteiger partial charge in [-0.1, -0.05) is 19.8 Å². The zero-order chi connectivity index (χ0) is 10.1. The summed E-state index contributed by atoms with van der Waals surface area (Å²) in [5.41, 5.74) is 5.37. The molecule has 0 aromatic rings. The Morgan fingerprint density at radius 3 is 2.54 bits per heavy atom. The minimum Gasteiger partial charge on any atom is -0.469 e. The third-order valence-electron chi connectivity index (χ3n) is 2.28. The molecule has 0 aliphatic carbocycles. The molecule has 0 bridgehead atoms. The number of hydrogen-bond donors (Lipinski definition) is 1. The molecule has 3 heteroatoms. The molecule has 0 spiro atoms. The highest BCUT2D eigenvalue weighted by Crippen LogP contribution is 2.14. The average molecular weight is 187 g/mol. The summed E-state index contributed by atoms with van der Waals surface area (Å²) in [6.07, 6.45) is 5.05. The number of ether oxygens (including phenoxy) is 1. The van der Waals surface area contributed by atoms with Gasteiger partial charge in [0.05, 0.1) is 13.0 Å². The average Bonchev–Trinajstić information content (AvgIpc) is 2.17. The smallest absolute Gasteiger partial charge is 0.308 e. The molecule has 0 saturated carbocycles. The summed E-state index contributed by atoms with van der Waals surface area (Å²) in [7, 11) is 1.45. The molecule has 0 amide bonds. The fourth-order valence-electron chi connectivity index (χ4n) is 1.37. The fraction of sp³-hybridized carbons (Fsp3) is 0.900. The molecule has 0 radical (unpaired) electrons. The lowest BCUT2D eigenvalue weighted by Gasteiger charge is -2.11. The van der Waals surface area contributed by atoms with Crippen LogP contribution in [0.4, 0.5) is 0 Å². The standard InChI is InChI=1S/C10H21NO2/c1-3-9(10(12)13-2)7-5-4-6-8-11/h9H,3-8,11H2,1-2H3. The van der Waals surface area contributed by atoms with Crippen molar-refractivity contribution in [1.29, 1.82) is 0 Å². The minimum absolute atomic E-state index is 0.0738. The number of unbranched alkanes of at least 4 members (excludes halogenated alkanes) is 2. The van der Waals surface area contributed by atoms with Crippen molar-refractivity contribution in [2.75, 3.05) is 13.7 Å². The second kappa shape index (κ2) is 8.05. The van der Waals surface area contributed by atoms with E-state index in [9.17, 15) is 4.79 Å². The van der Waals surface area contributed by atoms with Gasteiger partial charge < -0.3 is 10.5 Å². The Morgan fingerprint density at radius 1 is 1.38 bits per heavy atom. The highest BCUT2D eigenvalue weighted by Gasteiger charge is 2.15. The van der Waals surface area contributed by atoms with Gasteiger partial charge in [-0.05, 0) is 25.8 Å². The highest BCUT2D eigenvalue weighted by molar-refractivity contribution is 5.72. The summed E-state index contributed by atoms with van der Waals surface area (Å²) in [5, 5.41) is 0. The predicted molar refractivity (Wildman–Crippen MR) is 53.3 cm³/mol. The summed E-state index contributed by atoms with van der Waals surface area (Å²) >= 11 is 0. The number of rotatable bonds is 7. The van der Waals surface area contributed by atoms with Crippen LogP contribution in [0.5, 0.6) is 0 Å². The van der Waals surface area contributed by atoms with E-state index in [-0.39, 0.29) is 11.9 Å². The molecule has 3 nitrogen and oxygen atoms in total. The van der Waals surface area contributed by atoms with Gasteiger partial charge in [0.15, 0.2) is 0 Å². The van der Waals surface area contributed by atoms with Gasteiger partial charge in [0, 0.05) is 0 Å². The fourth-order valence-corrected chi connectivity index (χ4v) is 1.37. The van der Waals surface area contributed by atoms with Crippen molar-refractivity contribution in [2.24, 2.45) is 11.7 Å². The van der Waals surface area contributed by atoms with Crippen LogP contribution in [0, 0.1) is 5.92 Å². The number of esters is 1. The Bertz CT molecular complexity index is 137. The lowest BCUT2D eigenvalue weighted by atomic mass is 9.99. The molecular formula is C10H21NO2. The molecule has 0 saturated heterocycles. The van der Waals surface area contributed by atoms with Crippen LogP contribution in [0.25, 0.3) is 0 Å². The van der Waals surface area contributed by atoms with E-state index in [2.05, 4.69) is 0 Å². The quantitative estimate of drug-likeness (QED) is 0.487. The Morgan fingerprint density at radius 2 is 2.08 bits per heavy atom. The van der Waals surface area contributed by atoms with E-state index in [0.29, 0.717) is 0 Å². The molecule has 1 atom stereocenters. The zero-order valence-electron chi connectivity index (χ0n) is 8.71. The molecule has 78 valence electrons. The number of carbonyl (C=O) groups excluding carboxylic acids is 1. The van der Waals surface area contributed by atoms with E-state index in [1.165, 1.54) is 7.11 Å². The molecule has 0 aliphatic rings. The molecule has 2 N–H and O–H groups in total. The molecule has 13 heavy (non-hydrogen) atoms. The molecule has 0 rings (SSSR count). The summed E-state index contributed by atoms with van der Waals surface area (Å²) in [4.78, 5) is 11.2. The van der Waals surface area contributed by atoms with Crippen molar-refractivity contribution in [3.05, 3.63) is 0 Å². The normalized spacial score (nSPS) is 12.5. The van der Waals surface area contributed by atoms with Gasteiger partial charge in [-0.2, -0.15) is 0 Å². The number of nitrogens with two attached hydrogens (primary N) is 1. The van der Waals surface area contributed by atoms with Crippen LogP contribution in [0.2, 0.25) is 0 Å². The molecule has 0 aliphatic heterocycles. The number of hydrogen-bond acceptors (Lipinski definition) is 3. The van der Waals surface area contributed by atoms with Gasteiger partial charge in [-0.25, -0.2) is 0 Å². The van der Waals surface area contributed by atoms with Gasteiger partial charge in [-0.15, -0.1) is 0 Å². The third-order valence-corrected chi connectivity index (χ3v) is 2.28. The summed E-state index contributed by atoms with van der Waals surface area (Å²) in [6, 6.07) is 0. The van der Waals surface area contributed by atoms with Gasteiger partial charge in [-0.3, -0.25) is 4.79 Å². The second-order valence-electron chi connectivity index (χ2n) is 3.27. The van der Waals surface area contributed by atoms with E-state index in [4.69, 9.17) is 10.5 Å². The van der Waals surface area contributed by atoms with Gasteiger partial charge in [0.2, 0.25) is 0 Å². The maximum Gasteiger partial charge on any atom is 0.308 e. The molecule has 0 heterocycles. The highest BCUT2D eigenvalue weighted by atomic mass is 16.5. The summed E-state index contributed by atoms with van der Waals surface area (Å²) < 4.78 is 4.70. The van der Waals surface area contributed by atoms with Gasteiger partial charge in [0.1, 0.15) is 0 Å². The lowest BCUT2D eigenvalue weighted by molar-refractivity contribution is -0.145. The Balaban J connectivity index is 3.53. The largest absolute Gasteiger partial charge is 0.469 e. The van der Waals surface area contributed by atoms with Crippen molar-refractivity contribution in [3.63, 3.8) is 0 Å². The van der Waals surface area contributed by atoms with Crippen molar-refractivity contribution in [2.45, 2.75) is 39.0 Å². The molecule has 0 aromatic heterocycles. The Kier molecular flexibility index (Phi) is 7.69. The van der Waals surface area contributed by atoms with Crippen LogP contribution in [-0.4, -0.2) is 19.6 Å². The second-order valence-corrected chi connectivity index (χ2v) is 3.27. The third kappa shape index (κ3) is 5.64. The molecule has 0 fully saturated rings. The molecule has 0 aromatic carbocycles. The van der Waals surface area contributed by atoms with Crippen LogP contribution in [0.1, 0.15) is 39.0 Å². The predicted octanol–water partition coefficient (Wildman–Crippen LogP) is 1.70. The van der Waals surface area contributed by atoms with E-state index < -0.39 is 0 Å². The van der Waals surface area contributed by atoms with Crippen molar-refractivity contribution in [1.82, 2.24) is 0 Å². The first-order valence-electron chi connectivity index (χ1n) is 5.04. The maximum atomic E-state index is 11.2. The van der Waals surface area contributed by atoms with Crippen molar-refractivity contribution < 1.29 is 9.53 Å². The van der Waals surface area contributed by atoms with E-state index in [0.717, 1.165) is 38.6 Å². The van der Waals surface area contributed by atoms with E-state index in [1.807, 2.05) is 6.92 Å². The van der Waals surface area contributed by atoms with Crippen LogP contribution in [0.15, 0.2) is 0 Å². The monoisotopic (exact) mass is 187 g/mol. The molecule has 1 unspecified atom stereocenters.